The Morgan fingerprint density at radius 2 is 0.795 bits per heavy atom. The van der Waals surface area contributed by atoms with Crippen LogP contribution in [0, 0.1) is 6.92 Å². The van der Waals surface area contributed by atoms with E-state index in [9.17, 15) is 0 Å². The lowest BCUT2D eigenvalue weighted by Gasteiger charge is -2.11. The van der Waals surface area contributed by atoms with Gasteiger partial charge in [0.25, 0.3) is 0 Å². The van der Waals surface area contributed by atoms with Gasteiger partial charge in [-0.15, -0.1) is 0 Å². The molecule has 0 saturated heterocycles. The molecule has 1 rings (SSSR count). The third-order valence-electron chi connectivity index (χ3n) is 10.1. The van der Waals surface area contributed by atoms with Gasteiger partial charge in [-0.05, 0) is 56.9 Å². The van der Waals surface area contributed by atoms with Crippen LogP contribution in [-0.4, -0.2) is 0 Å². The Labute approximate surface area is 278 Å². The van der Waals surface area contributed by atoms with Crippen LogP contribution in [0.4, 0.5) is 0 Å². The molecule has 0 radical (unpaired) electrons. The van der Waals surface area contributed by atoms with Gasteiger partial charge < -0.3 is 0 Å². The third-order valence-corrected chi connectivity index (χ3v) is 10.1. The molecule has 256 valence electrons. The molecule has 1 heterocycles. The number of unbranched alkanes of at least 4 members (excludes halogenated alkanes) is 27. The number of hydrogen-bond donors (Lipinski definition) is 0. The molecule has 0 aliphatic carbocycles. The summed E-state index contributed by atoms with van der Waals surface area (Å²) in [5, 5.41) is 0. The molecular formula is C43H80N+. The van der Waals surface area contributed by atoms with E-state index in [1.54, 1.807) is 11.1 Å². The first kappa shape index (κ1) is 40.9. The molecule has 0 N–H and O–H groups in total. The zero-order valence-corrected chi connectivity index (χ0v) is 30.9. The normalized spacial score (nSPS) is 11.7. The summed E-state index contributed by atoms with van der Waals surface area (Å²) in [6.07, 6.45) is 52.3. The second-order valence-corrected chi connectivity index (χ2v) is 14.3. The van der Waals surface area contributed by atoms with Crippen LogP contribution in [0.5, 0.6) is 0 Å². The highest BCUT2D eigenvalue weighted by Gasteiger charge is 2.13. The maximum atomic E-state index is 2.45. The Morgan fingerprint density at radius 1 is 0.455 bits per heavy atom. The summed E-state index contributed by atoms with van der Waals surface area (Å²) in [5.41, 5.74) is 4.79. The van der Waals surface area contributed by atoms with Crippen molar-refractivity contribution in [2.45, 2.75) is 226 Å². The second-order valence-electron chi connectivity index (χ2n) is 14.3. The lowest BCUT2D eigenvalue weighted by atomic mass is 9.95. The molecule has 0 bridgehead atoms. The van der Waals surface area contributed by atoms with Crippen molar-refractivity contribution in [1.29, 1.82) is 0 Å². The lowest BCUT2D eigenvalue weighted by Crippen LogP contribution is -2.33. The van der Waals surface area contributed by atoms with E-state index in [0.717, 1.165) is 0 Å². The Hall–Kier alpha value is -1.11. The van der Waals surface area contributed by atoms with Gasteiger partial charge in [0.1, 0.15) is 7.05 Å². The molecule has 1 aromatic heterocycles. The highest BCUT2D eigenvalue weighted by atomic mass is 14.9. The van der Waals surface area contributed by atoms with Crippen LogP contribution < -0.4 is 4.57 Å². The summed E-state index contributed by atoms with van der Waals surface area (Å²) in [4.78, 5) is 0. The zero-order chi connectivity index (χ0) is 31.8. The predicted molar refractivity (Wildman–Crippen MR) is 199 cm³/mol. The van der Waals surface area contributed by atoms with Gasteiger partial charge in [0, 0.05) is 18.6 Å². The third kappa shape index (κ3) is 24.2. The number of hydrogen-bond acceptors (Lipinski definition) is 0. The smallest absolute Gasteiger partial charge is 0.181 e. The first-order chi connectivity index (χ1) is 21.7. The molecule has 0 atom stereocenters. The molecule has 0 spiro atoms. The van der Waals surface area contributed by atoms with Gasteiger partial charge in [0.2, 0.25) is 0 Å². The van der Waals surface area contributed by atoms with Crippen molar-refractivity contribution >= 4 is 0 Å². The van der Waals surface area contributed by atoms with Crippen molar-refractivity contribution in [2.75, 3.05) is 0 Å². The second kappa shape index (κ2) is 31.9. The van der Waals surface area contributed by atoms with E-state index in [-0.39, 0.29) is 0 Å². The SMILES string of the molecule is CCCCCCCC/C=C\CCCCCCCCc1c(CCCCCCCCCCCCCCCCCC)cc[n+](C)c1C. The zero-order valence-electron chi connectivity index (χ0n) is 30.9. The summed E-state index contributed by atoms with van der Waals surface area (Å²) in [7, 11) is 2.22. The fourth-order valence-electron chi connectivity index (χ4n) is 6.85. The van der Waals surface area contributed by atoms with E-state index in [0.29, 0.717) is 0 Å². The van der Waals surface area contributed by atoms with E-state index in [4.69, 9.17) is 0 Å². The molecule has 1 heteroatoms. The van der Waals surface area contributed by atoms with E-state index in [1.165, 1.54) is 211 Å². The van der Waals surface area contributed by atoms with Crippen molar-refractivity contribution in [3.63, 3.8) is 0 Å². The molecule has 0 amide bonds. The Kier molecular flexibility index (Phi) is 29.6. The topological polar surface area (TPSA) is 3.88 Å². The number of rotatable bonds is 33. The molecule has 0 unspecified atom stereocenters. The monoisotopic (exact) mass is 611 g/mol. The highest BCUT2D eigenvalue weighted by Crippen LogP contribution is 2.20. The lowest BCUT2D eigenvalue weighted by molar-refractivity contribution is -0.678. The molecule has 0 saturated carbocycles. The highest BCUT2D eigenvalue weighted by molar-refractivity contribution is 5.27. The van der Waals surface area contributed by atoms with Crippen LogP contribution in [0.1, 0.15) is 223 Å². The van der Waals surface area contributed by atoms with Crippen LogP contribution in [-0.2, 0) is 19.9 Å². The van der Waals surface area contributed by atoms with Crippen molar-refractivity contribution in [3.05, 3.63) is 41.2 Å². The van der Waals surface area contributed by atoms with Crippen LogP contribution in [0.25, 0.3) is 0 Å². The van der Waals surface area contributed by atoms with Gasteiger partial charge >= 0.3 is 0 Å². The molecule has 44 heavy (non-hydrogen) atoms. The van der Waals surface area contributed by atoms with Crippen molar-refractivity contribution < 1.29 is 4.57 Å². The first-order valence-electron chi connectivity index (χ1n) is 20.3. The minimum Gasteiger partial charge on any atom is -0.205 e. The molecule has 0 aliphatic heterocycles. The fraction of sp³-hybridized carbons (Fsp3) is 0.837. The molecule has 0 aromatic carbocycles. The number of nitrogens with zero attached hydrogens (tertiary/aromatic N) is 1. The minimum atomic E-state index is 1.27. The molecule has 0 aliphatic rings. The Morgan fingerprint density at radius 3 is 1.20 bits per heavy atom. The first-order valence-corrected chi connectivity index (χ1v) is 20.3. The average Bonchev–Trinajstić information content (AvgIpc) is 3.03. The maximum Gasteiger partial charge on any atom is 0.181 e. The van der Waals surface area contributed by atoms with E-state index in [1.807, 2.05) is 0 Å². The summed E-state index contributed by atoms with van der Waals surface area (Å²) in [6.45, 7) is 6.95. The number of pyridine rings is 1. The van der Waals surface area contributed by atoms with Crippen molar-refractivity contribution in [2.24, 2.45) is 7.05 Å². The molecule has 0 fully saturated rings. The van der Waals surface area contributed by atoms with Gasteiger partial charge in [0.15, 0.2) is 11.9 Å². The Balaban J connectivity index is 2.04. The standard InChI is InChI=1S/C43H80N/c1-5-7-9-11-13-15-17-19-21-23-25-27-29-31-33-35-37-42-39-40-44(4)41(3)43(42)38-36-34-32-30-28-26-24-22-20-18-16-14-12-10-8-6-2/h20,22,39-40H,5-19,21,23-38H2,1-4H3/q+1/b22-20-. The van der Waals surface area contributed by atoms with Gasteiger partial charge in [-0.25, -0.2) is 4.57 Å². The van der Waals surface area contributed by atoms with Gasteiger partial charge in [-0.2, -0.15) is 0 Å². The quantitative estimate of drug-likeness (QED) is 0.0423. The Bertz CT molecular complexity index is 762. The van der Waals surface area contributed by atoms with Crippen molar-refractivity contribution in [1.82, 2.24) is 0 Å². The van der Waals surface area contributed by atoms with E-state index < -0.39 is 0 Å². The minimum absolute atomic E-state index is 1.27. The number of aromatic nitrogens is 1. The van der Waals surface area contributed by atoms with Gasteiger partial charge in [-0.1, -0.05) is 180 Å². The largest absolute Gasteiger partial charge is 0.205 e. The summed E-state index contributed by atoms with van der Waals surface area (Å²) in [6, 6.07) is 2.42. The van der Waals surface area contributed by atoms with Crippen molar-refractivity contribution in [3.8, 4) is 0 Å². The molecular weight excluding hydrogens is 530 g/mol. The predicted octanol–water partition coefficient (Wildman–Crippen LogP) is 14.2. The molecule has 1 aromatic rings. The van der Waals surface area contributed by atoms with Crippen LogP contribution in [0.15, 0.2) is 24.4 Å². The summed E-state index contributed by atoms with van der Waals surface area (Å²) >= 11 is 0. The van der Waals surface area contributed by atoms with Crippen LogP contribution >= 0.6 is 0 Å². The van der Waals surface area contributed by atoms with Crippen LogP contribution in [0.3, 0.4) is 0 Å². The maximum absolute atomic E-state index is 2.45. The number of allylic oxidation sites excluding steroid dienone is 2. The molecule has 1 nitrogen and oxygen atoms in total. The number of aryl methyl sites for hydroxylation is 2. The average molecular weight is 611 g/mol. The summed E-state index contributed by atoms with van der Waals surface area (Å²) in [5.74, 6) is 0. The van der Waals surface area contributed by atoms with Gasteiger partial charge in [-0.3, -0.25) is 0 Å². The van der Waals surface area contributed by atoms with E-state index >= 15 is 0 Å². The fourth-order valence-corrected chi connectivity index (χ4v) is 6.85. The van der Waals surface area contributed by atoms with Crippen LogP contribution in [0.2, 0.25) is 0 Å². The summed E-state index contributed by atoms with van der Waals surface area (Å²) < 4.78 is 2.34. The van der Waals surface area contributed by atoms with Gasteiger partial charge in [0.05, 0.1) is 0 Å². The van der Waals surface area contributed by atoms with E-state index in [2.05, 4.69) is 56.8 Å².